The average molecular weight is 773 g/mol. The number of anilines is 6. The summed E-state index contributed by atoms with van der Waals surface area (Å²) in [6.07, 6.45) is 1.73. The highest BCUT2D eigenvalue weighted by molar-refractivity contribution is 7.19. The van der Waals surface area contributed by atoms with Crippen LogP contribution in [0.15, 0.2) is 218 Å². The van der Waals surface area contributed by atoms with Gasteiger partial charge in [0.05, 0.1) is 28.4 Å². The lowest BCUT2D eigenvalue weighted by Crippen LogP contribution is -2.74. The van der Waals surface area contributed by atoms with E-state index in [-0.39, 0.29) is 0 Å². The van der Waals surface area contributed by atoms with Gasteiger partial charge in [-0.05, 0) is 67.3 Å². The minimum Gasteiger partial charge on any atom is -0.294 e. The molecule has 0 spiro atoms. The molecule has 0 atom stereocenters. The largest absolute Gasteiger partial charge is 0.294 e. The molecule has 2 aliphatic rings. The smallest absolute Gasteiger partial charge is 0.237 e. The van der Waals surface area contributed by atoms with Gasteiger partial charge in [-0.15, -0.1) is 0 Å². The second kappa shape index (κ2) is 14.5. The van der Waals surface area contributed by atoms with Gasteiger partial charge in [0, 0.05) is 24.5 Å². The highest BCUT2D eigenvalue weighted by Gasteiger charge is 2.41. The molecule has 9 aromatic rings. The van der Waals surface area contributed by atoms with Crippen LogP contribution in [0, 0.1) is 0 Å². The van der Waals surface area contributed by atoms with Crippen LogP contribution in [0.4, 0.5) is 34.5 Å². The third-order valence-corrected chi connectivity index (χ3v) is 16.8. The Morgan fingerprint density at radius 1 is 0.339 bits per heavy atom. The molecule has 3 heterocycles. The molecule has 4 nitrogen and oxygen atoms in total. The molecule has 8 aromatic carbocycles. The summed E-state index contributed by atoms with van der Waals surface area (Å²) in [7, 11) is -2.81. The van der Waals surface area contributed by atoms with Crippen LogP contribution in [-0.2, 0) is 12.8 Å². The molecule has 0 N–H and O–H groups in total. The van der Waals surface area contributed by atoms with E-state index in [9.17, 15) is 0 Å². The van der Waals surface area contributed by atoms with Crippen molar-refractivity contribution in [3.05, 3.63) is 241 Å². The van der Waals surface area contributed by atoms with Gasteiger partial charge in [-0.2, -0.15) is 4.98 Å². The first-order chi connectivity index (χ1) is 29.3. The fraction of sp³-hybridized carbons (Fsp3) is 0.0370. The van der Waals surface area contributed by atoms with Crippen LogP contribution in [0.1, 0.15) is 22.3 Å². The van der Waals surface area contributed by atoms with E-state index in [1.165, 1.54) is 43.0 Å². The van der Waals surface area contributed by atoms with Crippen molar-refractivity contribution in [3.8, 4) is 11.3 Å². The van der Waals surface area contributed by atoms with Crippen molar-refractivity contribution in [2.75, 3.05) is 9.80 Å². The minimum absolute atomic E-state index is 0.640. The third kappa shape index (κ3) is 5.89. The van der Waals surface area contributed by atoms with E-state index in [1.54, 1.807) is 0 Å². The monoisotopic (exact) mass is 772 g/mol. The number of para-hydroxylation sites is 4. The van der Waals surface area contributed by atoms with Crippen molar-refractivity contribution in [2.24, 2.45) is 0 Å². The summed E-state index contributed by atoms with van der Waals surface area (Å²) in [6.45, 7) is 0. The van der Waals surface area contributed by atoms with Crippen molar-refractivity contribution >= 4 is 63.3 Å². The van der Waals surface area contributed by atoms with Crippen molar-refractivity contribution in [1.82, 2.24) is 9.97 Å². The molecule has 2 aliphatic heterocycles. The number of benzene rings is 8. The maximum absolute atomic E-state index is 5.58. The number of hydrogen-bond acceptors (Lipinski definition) is 4. The Bertz CT molecular complexity index is 2660. The minimum atomic E-state index is -2.81. The lowest BCUT2D eigenvalue weighted by atomic mass is 9.95. The van der Waals surface area contributed by atoms with Crippen molar-refractivity contribution in [3.63, 3.8) is 0 Å². The molecule has 0 bridgehead atoms. The predicted octanol–water partition coefficient (Wildman–Crippen LogP) is 10.3. The van der Waals surface area contributed by atoms with Crippen molar-refractivity contribution < 1.29 is 0 Å². The number of rotatable bonds is 7. The molecule has 0 fully saturated rings. The fourth-order valence-electron chi connectivity index (χ4n) is 9.41. The molecule has 0 amide bonds. The van der Waals surface area contributed by atoms with Gasteiger partial charge in [0.25, 0.3) is 0 Å². The Balaban J connectivity index is 1.18. The van der Waals surface area contributed by atoms with E-state index in [4.69, 9.17) is 9.97 Å². The SMILES string of the molecule is c1ccc([Si](c2ccccc2)(c2ccccc2)c2cccc(-c3cc(N4c5ccccc5Cc5ccccc54)nc(N4c5ccccc5Cc5ccccc54)n3)c2)cc1. The number of aromatic nitrogens is 2. The van der Waals surface area contributed by atoms with Crippen molar-refractivity contribution in [2.45, 2.75) is 12.8 Å². The van der Waals surface area contributed by atoms with Crippen LogP contribution in [0.25, 0.3) is 11.3 Å². The number of hydrogen-bond donors (Lipinski definition) is 0. The lowest BCUT2D eigenvalue weighted by Gasteiger charge is -2.35. The van der Waals surface area contributed by atoms with E-state index in [1.807, 2.05) is 0 Å². The van der Waals surface area contributed by atoms with Gasteiger partial charge in [0.1, 0.15) is 5.82 Å². The van der Waals surface area contributed by atoms with E-state index < -0.39 is 8.07 Å². The predicted molar refractivity (Wildman–Crippen MR) is 246 cm³/mol. The molecule has 0 saturated carbocycles. The van der Waals surface area contributed by atoms with Crippen LogP contribution >= 0.6 is 0 Å². The van der Waals surface area contributed by atoms with E-state index >= 15 is 0 Å². The zero-order valence-corrected chi connectivity index (χ0v) is 33.5. The summed E-state index contributed by atoms with van der Waals surface area (Å²) in [4.78, 5) is 15.7. The molecule has 280 valence electrons. The molecule has 11 rings (SSSR count). The molecule has 0 aliphatic carbocycles. The topological polar surface area (TPSA) is 32.3 Å². The van der Waals surface area contributed by atoms with Gasteiger partial charge in [-0.1, -0.05) is 188 Å². The Kier molecular flexibility index (Phi) is 8.60. The first-order valence-electron chi connectivity index (χ1n) is 20.3. The Morgan fingerprint density at radius 2 is 0.729 bits per heavy atom. The van der Waals surface area contributed by atoms with Gasteiger partial charge < -0.3 is 0 Å². The molecule has 0 saturated heterocycles. The first-order valence-corrected chi connectivity index (χ1v) is 22.3. The molecular formula is C54H40N4Si. The van der Waals surface area contributed by atoms with Gasteiger partial charge in [0.15, 0.2) is 8.07 Å². The highest BCUT2D eigenvalue weighted by atomic mass is 28.3. The van der Waals surface area contributed by atoms with Crippen LogP contribution in [0.5, 0.6) is 0 Å². The lowest BCUT2D eigenvalue weighted by molar-refractivity contribution is 1.000. The molecule has 59 heavy (non-hydrogen) atoms. The van der Waals surface area contributed by atoms with Gasteiger partial charge in [-0.3, -0.25) is 9.80 Å². The summed E-state index contributed by atoms with van der Waals surface area (Å²) < 4.78 is 0. The summed E-state index contributed by atoms with van der Waals surface area (Å²) in [5.74, 6) is 1.47. The zero-order chi connectivity index (χ0) is 39.2. The van der Waals surface area contributed by atoms with Gasteiger partial charge in [0.2, 0.25) is 5.95 Å². The summed E-state index contributed by atoms with van der Waals surface area (Å²) >= 11 is 0. The summed E-state index contributed by atoms with van der Waals surface area (Å²) in [6, 6.07) is 79.5. The summed E-state index contributed by atoms with van der Waals surface area (Å²) in [5, 5.41) is 5.30. The van der Waals surface area contributed by atoms with Gasteiger partial charge in [-0.25, -0.2) is 4.98 Å². The second-order valence-electron chi connectivity index (χ2n) is 15.4. The number of fused-ring (bicyclic) bond motifs is 4. The quantitative estimate of drug-likeness (QED) is 0.119. The standard InChI is InChI=1S/C54H40N4Si/c1-4-24-44(25-5-1)59(45-26-6-2-7-27-45,46-28-8-3-9-29-46)47-30-18-23-39(37-47)48-38-53(57-49-31-14-10-19-40(49)35-41-20-11-15-32-50(41)57)56-54(55-48)58-51-33-16-12-21-42(51)36-43-22-13-17-34-52(43)58/h1-34,37-38H,35-36H2. The summed E-state index contributed by atoms with van der Waals surface area (Å²) in [5.41, 5.74) is 11.4. The maximum atomic E-state index is 5.58. The van der Waals surface area contributed by atoms with Crippen LogP contribution in [0.2, 0.25) is 0 Å². The average Bonchev–Trinajstić information content (AvgIpc) is 3.31. The molecule has 5 heteroatoms. The van der Waals surface area contributed by atoms with E-state index in [0.717, 1.165) is 52.7 Å². The first kappa shape index (κ1) is 34.9. The fourth-order valence-corrected chi connectivity index (χ4v) is 14.2. The number of nitrogens with zero attached hydrogens (tertiary/aromatic N) is 4. The molecule has 1 aromatic heterocycles. The Morgan fingerprint density at radius 3 is 1.19 bits per heavy atom. The third-order valence-electron chi connectivity index (χ3n) is 12.0. The second-order valence-corrected chi connectivity index (χ2v) is 19.2. The molecular weight excluding hydrogens is 733 g/mol. The van der Waals surface area contributed by atoms with Gasteiger partial charge >= 0.3 is 0 Å². The Hall–Kier alpha value is -7.34. The molecule has 0 radical (unpaired) electrons. The van der Waals surface area contributed by atoms with Crippen LogP contribution in [-0.4, -0.2) is 18.0 Å². The Labute approximate surface area is 346 Å². The van der Waals surface area contributed by atoms with Crippen LogP contribution in [0.3, 0.4) is 0 Å². The van der Waals surface area contributed by atoms with E-state index in [0.29, 0.717) is 5.95 Å². The molecule has 0 unspecified atom stereocenters. The maximum Gasteiger partial charge on any atom is 0.237 e. The van der Waals surface area contributed by atoms with E-state index in [2.05, 4.69) is 228 Å². The van der Waals surface area contributed by atoms with Crippen LogP contribution < -0.4 is 30.5 Å². The van der Waals surface area contributed by atoms with Crippen molar-refractivity contribution in [1.29, 1.82) is 0 Å². The zero-order valence-electron chi connectivity index (χ0n) is 32.5. The highest BCUT2D eigenvalue weighted by Crippen LogP contribution is 2.47. The normalized spacial score (nSPS) is 12.9.